The summed E-state index contributed by atoms with van der Waals surface area (Å²) in [6.45, 7) is 0. The molecule has 0 rings (SSSR count). The molecule has 0 spiro atoms. The van der Waals surface area contributed by atoms with Crippen LogP contribution in [0.3, 0.4) is 0 Å². The molecule has 0 radical (unpaired) electrons. The van der Waals surface area contributed by atoms with Gasteiger partial charge in [0.15, 0.2) is 0 Å². The van der Waals surface area contributed by atoms with Crippen molar-refractivity contribution in [2.75, 3.05) is 6.26 Å². The van der Waals surface area contributed by atoms with E-state index in [1.807, 2.05) is 6.26 Å². The molecule has 0 aliphatic heterocycles. The molecule has 0 aliphatic carbocycles. The van der Waals surface area contributed by atoms with E-state index in [0.717, 1.165) is 0 Å². The average Bonchev–Trinajstić information content (AvgIpc) is 0.811. The van der Waals surface area contributed by atoms with E-state index < -0.39 is 0 Å². The Morgan fingerprint density at radius 3 is 2.00 bits per heavy atom. The second-order valence-electron chi connectivity index (χ2n) is 0.454. The molecular formula is CH4NSW-. The van der Waals surface area contributed by atoms with E-state index >= 15 is 0 Å². The Morgan fingerprint density at radius 1 is 2.00 bits per heavy atom. The van der Waals surface area contributed by atoms with Crippen LogP contribution in [0.4, 0.5) is 0 Å². The van der Waals surface area contributed by atoms with Gasteiger partial charge in [-0.15, -0.1) is 0 Å². The summed E-state index contributed by atoms with van der Waals surface area (Å²) in [6.07, 6.45) is 1.90. The first-order valence-electron chi connectivity index (χ1n) is 0.779. The molecule has 26 valence electrons. The molecule has 0 aromatic heterocycles. The molecule has 0 amide bonds. The van der Waals surface area contributed by atoms with Gasteiger partial charge in [0, 0.05) is 0 Å². The molecule has 0 aromatic rings. The fourth-order valence-corrected chi connectivity index (χ4v) is 0. The van der Waals surface area contributed by atoms with Gasteiger partial charge in [0.25, 0.3) is 0 Å². The van der Waals surface area contributed by atoms with Crippen LogP contribution in [0.2, 0.25) is 0 Å². The SMILES string of the molecule is C[S-](=N)=[W]. The number of hydrogen-bond acceptors (Lipinski definition) is 2. The van der Waals surface area contributed by atoms with Crippen LogP contribution in [-0.4, -0.2) is 6.26 Å². The Balaban J connectivity index is 3.51. The zero-order valence-corrected chi connectivity index (χ0v) is 6.07. The molecule has 0 atom stereocenters. The average molecular weight is 246 g/mol. The van der Waals surface area contributed by atoms with Crippen LogP contribution < -0.4 is 0 Å². The zero-order chi connectivity index (χ0) is 3.58. The predicted octanol–water partition coefficient (Wildman–Crippen LogP) is 0.459. The summed E-state index contributed by atoms with van der Waals surface area (Å²) in [4.78, 5) is 0. The van der Waals surface area contributed by atoms with Crippen molar-refractivity contribution < 1.29 is 18.0 Å². The van der Waals surface area contributed by atoms with Gasteiger partial charge in [-0.2, -0.15) is 0 Å². The minimum atomic E-state index is -0.0278. The van der Waals surface area contributed by atoms with E-state index in [2.05, 4.69) is 0 Å². The third-order valence-corrected chi connectivity index (χ3v) is 0. The molecule has 0 heterocycles. The Bertz CT molecular complexity index is 56.4. The molecule has 0 aromatic carbocycles. The van der Waals surface area contributed by atoms with Crippen molar-refractivity contribution >= 4 is 7.88 Å². The van der Waals surface area contributed by atoms with Crippen LogP contribution in [0.1, 0.15) is 0 Å². The van der Waals surface area contributed by atoms with E-state index in [1.165, 1.54) is 18.0 Å². The third-order valence-electron chi connectivity index (χ3n) is 0. The second-order valence-corrected chi connectivity index (χ2v) is 6.75. The van der Waals surface area contributed by atoms with Crippen LogP contribution in [-0.2, 0) is 25.9 Å². The standard InChI is InChI=1S/CH4NS.W/c1-3-2;/h2H,1H3;/q+1;-2. The van der Waals surface area contributed by atoms with Crippen molar-refractivity contribution in [1.29, 1.82) is 4.78 Å². The van der Waals surface area contributed by atoms with Crippen molar-refractivity contribution in [3.63, 3.8) is 0 Å². The quantitative estimate of drug-likeness (QED) is 0.600. The van der Waals surface area contributed by atoms with Crippen molar-refractivity contribution in [3.8, 4) is 0 Å². The monoisotopic (exact) mass is 246 g/mol. The fourth-order valence-electron chi connectivity index (χ4n) is 0. The second kappa shape index (κ2) is 2.10. The van der Waals surface area contributed by atoms with Gasteiger partial charge < -0.3 is 0 Å². The molecule has 1 nitrogen and oxygen atoms in total. The summed E-state index contributed by atoms with van der Waals surface area (Å²) in [5, 5.41) is 0. The van der Waals surface area contributed by atoms with Gasteiger partial charge in [0.05, 0.1) is 0 Å². The van der Waals surface area contributed by atoms with E-state index in [0.29, 0.717) is 0 Å². The Kier molecular flexibility index (Phi) is 2.54. The summed E-state index contributed by atoms with van der Waals surface area (Å²) in [7, 11) is -0.0278. The van der Waals surface area contributed by atoms with Crippen LogP contribution >= 0.6 is 0 Å². The summed E-state index contributed by atoms with van der Waals surface area (Å²) in [5.74, 6) is 0. The van der Waals surface area contributed by atoms with Crippen molar-refractivity contribution in [1.82, 2.24) is 0 Å². The van der Waals surface area contributed by atoms with Gasteiger partial charge in [0.2, 0.25) is 0 Å². The summed E-state index contributed by atoms with van der Waals surface area (Å²) >= 11 is 1.37. The molecular weight excluding hydrogens is 242 g/mol. The van der Waals surface area contributed by atoms with Gasteiger partial charge >= 0.3 is 36.9 Å². The Labute approximate surface area is 37.2 Å². The van der Waals surface area contributed by atoms with E-state index in [4.69, 9.17) is 4.78 Å². The van der Waals surface area contributed by atoms with Gasteiger partial charge in [-0.25, -0.2) is 0 Å². The maximum absolute atomic E-state index is 6.65. The number of hydrogen-bond donors (Lipinski definition) is 1. The Hall–Kier alpha value is 0.838. The van der Waals surface area contributed by atoms with Gasteiger partial charge in [-0.05, 0) is 0 Å². The zero-order valence-electron chi connectivity index (χ0n) is 2.32. The van der Waals surface area contributed by atoms with Gasteiger partial charge in [-0.3, -0.25) is 0 Å². The van der Waals surface area contributed by atoms with Gasteiger partial charge in [0.1, 0.15) is 0 Å². The van der Waals surface area contributed by atoms with E-state index in [-0.39, 0.29) is 7.88 Å². The molecule has 0 saturated carbocycles. The Morgan fingerprint density at radius 2 is 2.00 bits per heavy atom. The van der Waals surface area contributed by atoms with Crippen LogP contribution in [0, 0.1) is 4.78 Å². The van der Waals surface area contributed by atoms with Crippen molar-refractivity contribution in [3.05, 3.63) is 0 Å². The molecule has 0 unspecified atom stereocenters. The maximum atomic E-state index is 6.65. The van der Waals surface area contributed by atoms with E-state index in [9.17, 15) is 0 Å². The summed E-state index contributed by atoms with van der Waals surface area (Å²) in [6, 6.07) is 0. The third kappa shape index (κ3) is 13.6. The first-order valence-corrected chi connectivity index (χ1v) is 5.93. The van der Waals surface area contributed by atoms with Crippen LogP contribution in [0.25, 0.3) is 0 Å². The predicted molar refractivity (Wildman–Crippen MR) is 16.0 cm³/mol. The molecule has 0 fully saturated rings. The number of nitrogens with one attached hydrogen (secondary N) is 1. The van der Waals surface area contributed by atoms with Crippen LogP contribution in [0.5, 0.6) is 0 Å². The molecule has 0 aliphatic rings. The number of rotatable bonds is 0. The molecule has 1 N–H and O–H groups in total. The molecule has 3 heteroatoms. The minimum absolute atomic E-state index is 0.0278. The summed E-state index contributed by atoms with van der Waals surface area (Å²) in [5.41, 5.74) is 0. The molecule has 0 saturated heterocycles. The van der Waals surface area contributed by atoms with Crippen molar-refractivity contribution in [2.24, 2.45) is 0 Å². The van der Waals surface area contributed by atoms with Crippen LogP contribution in [0.15, 0.2) is 0 Å². The van der Waals surface area contributed by atoms with Gasteiger partial charge in [-0.1, -0.05) is 0 Å². The fraction of sp³-hybridized carbons (Fsp3) is 1.00. The van der Waals surface area contributed by atoms with E-state index in [1.54, 1.807) is 0 Å². The molecule has 0 bridgehead atoms. The summed E-state index contributed by atoms with van der Waals surface area (Å²) < 4.78 is 6.65. The topological polar surface area (TPSA) is 23.9 Å². The first kappa shape index (κ1) is 4.84. The molecule has 4 heavy (non-hydrogen) atoms. The van der Waals surface area contributed by atoms with Crippen molar-refractivity contribution in [2.45, 2.75) is 0 Å². The normalized spacial score (nSPS) is 8.50. The first-order chi connectivity index (χ1) is 1.73.